The first kappa shape index (κ1) is 25.7. The molecule has 6 heterocycles. The second kappa shape index (κ2) is 9.79. The smallest absolute Gasteiger partial charge is 0.319 e. The van der Waals surface area contributed by atoms with Crippen LogP contribution >= 0.6 is 0 Å². The monoisotopic (exact) mass is 564 g/mol. The first-order valence-corrected chi connectivity index (χ1v) is 15.0. The van der Waals surface area contributed by atoms with Crippen LogP contribution in [0.3, 0.4) is 0 Å². The van der Waals surface area contributed by atoms with Gasteiger partial charge in [0.25, 0.3) is 0 Å². The predicted octanol–water partition coefficient (Wildman–Crippen LogP) is 4.33. The summed E-state index contributed by atoms with van der Waals surface area (Å²) in [6, 6.07) is 8.81. The van der Waals surface area contributed by atoms with Crippen molar-refractivity contribution in [3.8, 4) is 35.4 Å². The summed E-state index contributed by atoms with van der Waals surface area (Å²) >= 11 is 0. The highest BCUT2D eigenvalue weighted by atomic mass is 19.1. The SMILES string of the molecule is C#Cc1cccc2cc(O)cc(-c3ncc4c(N5CC6CNCC6C5)nc(OCC56CCCN5CCC6)nc4c3F)c12. The second-order valence-electron chi connectivity index (χ2n) is 12.3. The molecule has 214 valence electrons. The van der Waals surface area contributed by atoms with Crippen molar-refractivity contribution >= 4 is 27.5 Å². The third-order valence-electron chi connectivity index (χ3n) is 9.99. The van der Waals surface area contributed by atoms with Gasteiger partial charge in [-0.05, 0) is 74.2 Å². The molecule has 4 aromatic rings. The molecule has 0 bridgehead atoms. The Bertz CT molecular complexity index is 1750. The maximum absolute atomic E-state index is 16.7. The van der Waals surface area contributed by atoms with Crippen molar-refractivity contribution in [1.29, 1.82) is 0 Å². The molecule has 8 nitrogen and oxygen atoms in total. The summed E-state index contributed by atoms with van der Waals surface area (Å²) in [6.07, 6.45) is 12.0. The number of phenols is 1. The molecule has 0 aliphatic carbocycles. The number of pyridine rings is 1. The molecule has 2 aromatic heterocycles. The lowest BCUT2D eigenvalue weighted by atomic mass is 9.95. The third-order valence-corrected chi connectivity index (χ3v) is 9.99. The van der Waals surface area contributed by atoms with Crippen LogP contribution in [0.4, 0.5) is 10.2 Å². The molecule has 42 heavy (non-hydrogen) atoms. The van der Waals surface area contributed by atoms with Crippen LogP contribution in [0.1, 0.15) is 31.2 Å². The van der Waals surface area contributed by atoms with Crippen LogP contribution < -0.4 is 15.0 Å². The van der Waals surface area contributed by atoms with Gasteiger partial charge in [-0.2, -0.15) is 9.97 Å². The van der Waals surface area contributed by atoms with E-state index in [1.54, 1.807) is 12.3 Å². The van der Waals surface area contributed by atoms with Crippen LogP contribution in [0.5, 0.6) is 11.8 Å². The molecule has 2 aromatic carbocycles. The highest BCUT2D eigenvalue weighted by molar-refractivity contribution is 6.02. The third kappa shape index (κ3) is 4.00. The Labute approximate surface area is 243 Å². The van der Waals surface area contributed by atoms with Crippen molar-refractivity contribution in [2.24, 2.45) is 11.8 Å². The summed E-state index contributed by atoms with van der Waals surface area (Å²) in [6.45, 7) is 6.32. The summed E-state index contributed by atoms with van der Waals surface area (Å²) in [5.41, 5.74) is 1.29. The van der Waals surface area contributed by atoms with E-state index in [0.717, 1.165) is 52.1 Å². The number of fused-ring (bicyclic) bond motifs is 4. The number of rotatable bonds is 5. The number of aromatic nitrogens is 3. The molecule has 4 aliphatic rings. The van der Waals surface area contributed by atoms with Gasteiger partial charge in [-0.25, -0.2) is 4.39 Å². The molecule has 4 aliphatic heterocycles. The Morgan fingerprint density at radius 3 is 2.67 bits per heavy atom. The molecule has 2 atom stereocenters. The van der Waals surface area contributed by atoms with E-state index in [4.69, 9.17) is 16.1 Å². The lowest BCUT2D eigenvalue weighted by Gasteiger charge is -2.31. The van der Waals surface area contributed by atoms with Gasteiger partial charge in [0, 0.05) is 48.9 Å². The van der Waals surface area contributed by atoms with Gasteiger partial charge in [-0.3, -0.25) is 9.88 Å². The minimum absolute atomic E-state index is 0.00882. The molecule has 0 spiro atoms. The van der Waals surface area contributed by atoms with E-state index in [-0.39, 0.29) is 28.5 Å². The standard InChI is InChI=1S/C33H33FN6O2/c1-2-20-6-3-7-21-12-24(41)13-25(27(20)21)29-28(34)30-26(16-36-29)31(39-17-22-14-35-15-23(22)18-39)38-32(37-30)42-19-33-8-4-10-40(33)11-5-9-33/h1,3,6-7,12-13,16,22-23,35,41H,4-5,8-11,14-15,17-19H2. The number of ether oxygens (including phenoxy) is 1. The number of halogens is 1. The fraction of sp³-hybridized carbons (Fsp3) is 0.424. The van der Waals surface area contributed by atoms with Gasteiger partial charge in [0.15, 0.2) is 5.82 Å². The highest BCUT2D eigenvalue weighted by Gasteiger charge is 2.45. The summed E-state index contributed by atoms with van der Waals surface area (Å²) in [7, 11) is 0. The van der Waals surface area contributed by atoms with Crippen LogP contribution in [0, 0.1) is 30.0 Å². The molecule has 0 amide bonds. The number of benzene rings is 2. The second-order valence-corrected chi connectivity index (χ2v) is 12.3. The molecular weight excluding hydrogens is 531 g/mol. The van der Waals surface area contributed by atoms with Crippen LogP contribution in [0.15, 0.2) is 36.5 Å². The number of nitrogens with zero attached hydrogens (tertiary/aromatic N) is 5. The van der Waals surface area contributed by atoms with E-state index >= 15 is 4.39 Å². The largest absolute Gasteiger partial charge is 0.508 e. The Hall–Kier alpha value is -4.00. The molecular formula is C33H33FN6O2. The van der Waals surface area contributed by atoms with Crippen molar-refractivity contribution in [1.82, 2.24) is 25.2 Å². The summed E-state index contributed by atoms with van der Waals surface area (Å²) in [5.74, 6) is 3.85. The zero-order valence-electron chi connectivity index (χ0n) is 23.4. The minimum atomic E-state index is -0.581. The minimum Gasteiger partial charge on any atom is -0.508 e. The van der Waals surface area contributed by atoms with E-state index in [1.807, 2.05) is 18.2 Å². The average Bonchev–Trinajstić information content (AvgIpc) is 3.77. The lowest BCUT2D eigenvalue weighted by Crippen LogP contribution is -2.43. The fourth-order valence-corrected chi connectivity index (χ4v) is 7.92. The number of aromatic hydroxyl groups is 1. The molecule has 4 saturated heterocycles. The van der Waals surface area contributed by atoms with Crippen molar-refractivity contribution in [3.63, 3.8) is 0 Å². The van der Waals surface area contributed by atoms with Gasteiger partial charge in [-0.15, -0.1) is 6.42 Å². The van der Waals surface area contributed by atoms with Crippen LogP contribution in [0.2, 0.25) is 0 Å². The number of anilines is 1. The van der Waals surface area contributed by atoms with Gasteiger partial charge < -0.3 is 20.1 Å². The number of phenolic OH excluding ortho intramolecular Hbond substituents is 1. The van der Waals surface area contributed by atoms with E-state index in [9.17, 15) is 5.11 Å². The maximum atomic E-state index is 16.7. The number of nitrogens with one attached hydrogen (secondary N) is 1. The van der Waals surface area contributed by atoms with Gasteiger partial charge in [0.1, 0.15) is 29.4 Å². The van der Waals surface area contributed by atoms with Crippen LogP contribution in [-0.2, 0) is 0 Å². The first-order valence-electron chi connectivity index (χ1n) is 15.0. The quantitative estimate of drug-likeness (QED) is 0.347. The maximum Gasteiger partial charge on any atom is 0.319 e. The molecule has 2 unspecified atom stereocenters. The molecule has 0 saturated carbocycles. The predicted molar refractivity (Wildman–Crippen MR) is 160 cm³/mol. The molecule has 9 heteroatoms. The number of terminal acetylenes is 1. The normalized spacial score (nSPS) is 23.0. The molecule has 2 N–H and O–H groups in total. The van der Waals surface area contributed by atoms with Gasteiger partial charge in [0.2, 0.25) is 0 Å². The topological polar surface area (TPSA) is 86.6 Å². The van der Waals surface area contributed by atoms with Crippen molar-refractivity contribution < 1.29 is 14.2 Å². The van der Waals surface area contributed by atoms with Crippen molar-refractivity contribution in [2.45, 2.75) is 31.2 Å². The zero-order chi connectivity index (χ0) is 28.4. The summed E-state index contributed by atoms with van der Waals surface area (Å²) in [4.78, 5) is 18.9. The zero-order valence-corrected chi connectivity index (χ0v) is 23.4. The molecule has 4 fully saturated rings. The average molecular weight is 565 g/mol. The Morgan fingerprint density at radius 1 is 1.12 bits per heavy atom. The van der Waals surface area contributed by atoms with Crippen molar-refractivity contribution in [2.75, 3.05) is 50.8 Å². The van der Waals surface area contributed by atoms with E-state index in [1.165, 1.54) is 18.9 Å². The van der Waals surface area contributed by atoms with Crippen LogP contribution in [0.25, 0.3) is 32.9 Å². The number of hydrogen-bond donors (Lipinski definition) is 2. The van der Waals surface area contributed by atoms with Gasteiger partial charge >= 0.3 is 6.01 Å². The van der Waals surface area contributed by atoms with Gasteiger partial charge in [0.05, 0.1) is 10.9 Å². The van der Waals surface area contributed by atoms with Crippen LogP contribution in [-0.4, -0.2) is 76.4 Å². The van der Waals surface area contributed by atoms with Gasteiger partial charge in [-0.1, -0.05) is 18.1 Å². The Balaban J connectivity index is 1.27. The fourth-order valence-electron chi connectivity index (χ4n) is 7.92. The summed E-state index contributed by atoms with van der Waals surface area (Å²) < 4.78 is 23.1. The Kier molecular flexibility index (Phi) is 5.99. The van der Waals surface area contributed by atoms with E-state index < -0.39 is 5.82 Å². The van der Waals surface area contributed by atoms with E-state index in [0.29, 0.717) is 51.5 Å². The van der Waals surface area contributed by atoms with E-state index in [2.05, 4.69) is 31.0 Å². The molecule has 0 radical (unpaired) electrons. The van der Waals surface area contributed by atoms with Crippen molar-refractivity contribution in [3.05, 3.63) is 47.9 Å². The molecule has 8 rings (SSSR count). The Morgan fingerprint density at radius 2 is 1.90 bits per heavy atom. The first-order chi connectivity index (χ1) is 20.5. The number of hydrogen-bond acceptors (Lipinski definition) is 8. The highest BCUT2D eigenvalue weighted by Crippen LogP contribution is 2.41. The summed E-state index contributed by atoms with van der Waals surface area (Å²) in [5, 5.41) is 15.9. The lowest BCUT2D eigenvalue weighted by molar-refractivity contribution is 0.108.